The number of hydrogen-bond acceptors (Lipinski definition) is 8. The molecule has 0 aliphatic heterocycles. The monoisotopic (exact) mass is 449 g/mol. The molecule has 2 heterocycles. The summed E-state index contributed by atoms with van der Waals surface area (Å²) in [7, 11) is 3.29. The second-order valence-electron chi connectivity index (χ2n) is 6.59. The zero-order valence-electron chi connectivity index (χ0n) is 17.2. The number of fused-ring (bicyclic) bond motifs is 1. The molecule has 0 saturated carbocycles. The van der Waals surface area contributed by atoms with Gasteiger partial charge in [0.1, 0.15) is 22.1 Å². The molecule has 0 spiro atoms. The highest BCUT2D eigenvalue weighted by molar-refractivity contribution is 7.20. The van der Waals surface area contributed by atoms with Crippen LogP contribution in [0.4, 0.5) is 5.82 Å². The molecule has 9 heteroatoms. The van der Waals surface area contributed by atoms with Crippen LogP contribution in [0.25, 0.3) is 10.2 Å². The molecule has 0 aliphatic rings. The summed E-state index contributed by atoms with van der Waals surface area (Å²) >= 11 is 7.46. The van der Waals surface area contributed by atoms with E-state index in [9.17, 15) is 4.79 Å². The SMILES string of the molecule is COCCN(CCOC)c1nc(Cl)nc2sc(C(=O)OCc3ccccc3)c(C)c12. The number of ether oxygens (including phenoxy) is 3. The Kier molecular flexibility index (Phi) is 7.98. The molecule has 0 saturated heterocycles. The first-order chi connectivity index (χ1) is 14.5. The highest BCUT2D eigenvalue weighted by Gasteiger charge is 2.24. The van der Waals surface area contributed by atoms with Crippen molar-refractivity contribution in [3.63, 3.8) is 0 Å². The van der Waals surface area contributed by atoms with Gasteiger partial charge in [-0.15, -0.1) is 11.3 Å². The summed E-state index contributed by atoms with van der Waals surface area (Å²) in [5.74, 6) is 0.275. The number of esters is 1. The van der Waals surface area contributed by atoms with Crippen LogP contribution in [0.3, 0.4) is 0 Å². The van der Waals surface area contributed by atoms with Crippen LogP contribution in [0.2, 0.25) is 5.28 Å². The minimum Gasteiger partial charge on any atom is -0.457 e. The number of thiophene rings is 1. The summed E-state index contributed by atoms with van der Waals surface area (Å²) in [4.78, 5) is 24.7. The van der Waals surface area contributed by atoms with E-state index >= 15 is 0 Å². The van der Waals surface area contributed by atoms with E-state index in [0.717, 1.165) is 16.5 Å². The smallest absolute Gasteiger partial charge is 0.349 e. The number of benzene rings is 1. The van der Waals surface area contributed by atoms with Crippen LogP contribution in [0, 0.1) is 6.92 Å². The number of methoxy groups -OCH3 is 2. The Labute approximate surface area is 184 Å². The lowest BCUT2D eigenvalue weighted by Crippen LogP contribution is -2.31. The van der Waals surface area contributed by atoms with Crippen molar-refractivity contribution < 1.29 is 19.0 Å². The molecule has 0 unspecified atom stereocenters. The molecule has 3 aromatic rings. The van der Waals surface area contributed by atoms with Crippen LogP contribution >= 0.6 is 22.9 Å². The van der Waals surface area contributed by atoms with Crippen LogP contribution in [-0.2, 0) is 20.8 Å². The fourth-order valence-electron chi connectivity index (χ4n) is 3.03. The second kappa shape index (κ2) is 10.7. The maximum atomic E-state index is 12.8. The van der Waals surface area contributed by atoms with E-state index in [-0.39, 0.29) is 17.9 Å². The molecular formula is C21H24ClN3O4S. The van der Waals surface area contributed by atoms with Crippen molar-refractivity contribution in [3.05, 3.63) is 51.6 Å². The predicted molar refractivity (Wildman–Crippen MR) is 119 cm³/mol. The number of halogens is 1. The highest BCUT2D eigenvalue weighted by Crippen LogP contribution is 2.36. The topological polar surface area (TPSA) is 73.8 Å². The summed E-state index contributed by atoms with van der Waals surface area (Å²) in [5.41, 5.74) is 1.71. The Bertz CT molecular complexity index is 989. The van der Waals surface area contributed by atoms with Gasteiger partial charge in [-0.2, -0.15) is 4.98 Å². The zero-order chi connectivity index (χ0) is 21.5. The first-order valence-corrected chi connectivity index (χ1v) is 10.6. The molecule has 30 heavy (non-hydrogen) atoms. The molecule has 2 aromatic heterocycles. The molecule has 3 rings (SSSR count). The van der Waals surface area contributed by atoms with E-state index in [4.69, 9.17) is 25.8 Å². The number of carbonyl (C=O) groups excluding carboxylic acids is 1. The normalized spacial score (nSPS) is 11.1. The van der Waals surface area contributed by atoms with E-state index in [0.29, 0.717) is 41.8 Å². The number of aryl methyl sites for hydroxylation is 1. The number of anilines is 1. The van der Waals surface area contributed by atoms with Crippen molar-refractivity contribution in [2.45, 2.75) is 13.5 Å². The largest absolute Gasteiger partial charge is 0.457 e. The first kappa shape index (κ1) is 22.4. The third kappa shape index (κ3) is 5.26. The van der Waals surface area contributed by atoms with Crippen molar-refractivity contribution in [2.75, 3.05) is 45.4 Å². The fraction of sp³-hybridized carbons (Fsp3) is 0.381. The molecule has 0 aliphatic carbocycles. The van der Waals surface area contributed by atoms with Gasteiger partial charge in [-0.05, 0) is 29.7 Å². The molecule has 0 amide bonds. The number of rotatable bonds is 10. The third-order valence-corrected chi connectivity index (χ3v) is 5.91. The molecule has 0 bridgehead atoms. The van der Waals surface area contributed by atoms with Crippen molar-refractivity contribution in [1.29, 1.82) is 0 Å². The van der Waals surface area contributed by atoms with Gasteiger partial charge in [0.2, 0.25) is 5.28 Å². The van der Waals surface area contributed by atoms with Gasteiger partial charge in [-0.1, -0.05) is 30.3 Å². The Morgan fingerprint density at radius 2 is 1.77 bits per heavy atom. The standard InChI is InChI=1S/C21H24ClN3O4S/c1-14-16-18(25(9-11-27-2)10-12-28-3)23-21(22)24-19(16)30-17(14)20(26)29-13-15-7-5-4-6-8-15/h4-8H,9-13H2,1-3H3. The molecule has 1 aromatic carbocycles. The third-order valence-electron chi connectivity index (χ3n) is 4.57. The van der Waals surface area contributed by atoms with Crippen LogP contribution in [0.15, 0.2) is 30.3 Å². The van der Waals surface area contributed by atoms with Crippen LogP contribution in [0.5, 0.6) is 0 Å². The molecule has 0 atom stereocenters. The number of hydrogen-bond donors (Lipinski definition) is 0. The zero-order valence-corrected chi connectivity index (χ0v) is 18.8. The lowest BCUT2D eigenvalue weighted by Gasteiger charge is -2.24. The quantitative estimate of drug-likeness (QED) is 0.340. The van der Waals surface area contributed by atoms with Crippen molar-refractivity contribution in [3.8, 4) is 0 Å². The summed E-state index contributed by atoms with van der Waals surface area (Å²) in [5, 5.41) is 0.922. The average molecular weight is 450 g/mol. The van der Waals surface area contributed by atoms with Gasteiger partial charge in [0.15, 0.2) is 0 Å². The predicted octanol–water partition coefficient (Wildman–Crippen LogP) is 4.11. The maximum absolute atomic E-state index is 12.8. The van der Waals surface area contributed by atoms with Gasteiger partial charge in [0.25, 0.3) is 0 Å². The number of aromatic nitrogens is 2. The lowest BCUT2D eigenvalue weighted by molar-refractivity contribution is 0.0478. The summed E-state index contributed by atoms with van der Waals surface area (Å²) in [6.07, 6.45) is 0. The molecule has 160 valence electrons. The van der Waals surface area contributed by atoms with Gasteiger partial charge in [-0.25, -0.2) is 9.78 Å². The van der Waals surface area contributed by atoms with E-state index < -0.39 is 0 Å². The van der Waals surface area contributed by atoms with Crippen LogP contribution in [-0.4, -0.2) is 56.5 Å². The van der Waals surface area contributed by atoms with E-state index in [1.807, 2.05) is 42.2 Å². The van der Waals surface area contributed by atoms with E-state index in [1.54, 1.807) is 14.2 Å². The van der Waals surface area contributed by atoms with Gasteiger partial charge in [0, 0.05) is 27.3 Å². The van der Waals surface area contributed by atoms with E-state index in [1.165, 1.54) is 11.3 Å². The Morgan fingerprint density at radius 1 is 1.10 bits per heavy atom. The first-order valence-electron chi connectivity index (χ1n) is 9.45. The van der Waals surface area contributed by atoms with Gasteiger partial charge in [0.05, 0.1) is 18.6 Å². The second-order valence-corrected chi connectivity index (χ2v) is 7.92. The maximum Gasteiger partial charge on any atom is 0.349 e. The minimum absolute atomic E-state index is 0.128. The molecule has 7 nitrogen and oxygen atoms in total. The van der Waals surface area contributed by atoms with Gasteiger partial charge in [-0.3, -0.25) is 0 Å². The summed E-state index contributed by atoms with van der Waals surface area (Å²) in [6.45, 7) is 4.32. The number of carbonyl (C=O) groups is 1. The lowest BCUT2D eigenvalue weighted by atomic mass is 10.2. The van der Waals surface area contributed by atoms with Gasteiger partial charge >= 0.3 is 5.97 Å². The minimum atomic E-state index is -0.387. The highest BCUT2D eigenvalue weighted by atomic mass is 35.5. The summed E-state index contributed by atoms with van der Waals surface area (Å²) < 4.78 is 16.0. The summed E-state index contributed by atoms with van der Waals surface area (Å²) in [6, 6.07) is 9.57. The number of nitrogens with zero attached hydrogens (tertiary/aromatic N) is 3. The van der Waals surface area contributed by atoms with Crippen molar-refractivity contribution in [2.24, 2.45) is 0 Å². The van der Waals surface area contributed by atoms with Crippen molar-refractivity contribution >= 4 is 44.9 Å². The average Bonchev–Trinajstić information content (AvgIpc) is 3.08. The van der Waals surface area contributed by atoms with Crippen molar-refractivity contribution in [1.82, 2.24) is 9.97 Å². The fourth-order valence-corrected chi connectivity index (χ4v) is 4.32. The van der Waals surface area contributed by atoms with E-state index in [2.05, 4.69) is 9.97 Å². The molecule has 0 N–H and O–H groups in total. The molecular weight excluding hydrogens is 426 g/mol. The Balaban J connectivity index is 1.93. The molecule has 0 radical (unpaired) electrons. The van der Waals surface area contributed by atoms with Crippen LogP contribution in [0.1, 0.15) is 20.8 Å². The van der Waals surface area contributed by atoms with Gasteiger partial charge < -0.3 is 19.1 Å². The molecule has 0 fully saturated rings. The Hall–Kier alpha value is -2.26. The Morgan fingerprint density at radius 3 is 2.40 bits per heavy atom. The van der Waals surface area contributed by atoms with Crippen LogP contribution < -0.4 is 4.90 Å².